The van der Waals surface area contributed by atoms with Crippen LogP contribution in [-0.2, 0) is 14.3 Å². The van der Waals surface area contributed by atoms with Crippen LogP contribution in [-0.4, -0.2) is 23.6 Å². The zero-order valence-corrected chi connectivity index (χ0v) is 10.3. The van der Waals surface area contributed by atoms with Gasteiger partial charge in [-0.25, -0.2) is 4.79 Å². The monoisotopic (exact) mass is 260 g/mol. The molecule has 1 aromatic carbocycles. The number of aromatic nitrogens is 1. The zero-order chi connectivity index (χ0) is 13.7. The molecule has 2 rings (SSSR count). The number of hydrogen-bond donors (Lipinski definition) is 1. The smallest absolute Gasteiger partial charge is 0.397 e. The normalized spacial score (nSPS) is 9.95. The van der Waals surface area contributed by atoms with Crippen molar-refractivity contribution in [2.75, 3.05) is 11.9 Å². The molecule has 98 valence electrons. The molecule has 0 saturated carbocycles. The van der Waals surface area contributed by atoms with Gasteiger partial charge in [-0.2, -0.15) is 0 Å². The van der Waals surface area contributed by atoms with Gasteiger partial charge in [-0.05, 0) is 12.5 Å². The highest BCUT2D eigenvalue weighted by Gasteiger charge is 2.19. The molecule has 6 nitrogen and oxygen atoms in total. The number of anilines is 1. The molecule has 1 aromatic heterocycles. The van der Waals surface area contributed by atoms with Gasteiger partial charge in [0, 0.05) is 0 Å². The number of hydrogen-bond acceptors (Lipinski definition) is 5. The van der Waals surface area contributed by atoms with E-state index in [1.807, 2.05) is 30.3 Å². The lowest BCUT2D eigenvalue weighted by Gasteiger charge is -2.03. The van der Waals surface area contributed by atoms with Crippen molar-refractivity contribution in [3.05, 3.63) is 36.5 Å². The summed E-state index contributed by atoms with van der Waals surface area (Å²) in [4.78, 5) is 22.7. The van der Waals surface area contributed by atoms with E-state index in [1.165, 1.54) is 6.20 Å². The maximum absolute atomic E-state index is 11.5. The summed E-state index contributed by atoms with van der Waals surface area (Å²) in [5.74, 6) is -1.74. The van der Waals surface area contributed by atoms with E-state index in [2.05, 4.69) is 15.2 Å². The Morgan fingerprint density at radius 1 is 1.32 bits per heavy atom. The summed E-state index contributed by atoms with van der Waals surface area (Å²) in [7, 11) is 0. The Morgan fingerprint density at radius 3 is 2.74 bits per heavy atom. The van der Waals surface area contributed by atoms with Gasteiger partial charge < -0.3 is 9.26 Å². The van der Waals surface area contributed by atoms with Gasteiger partial charge >= 0.3 is 11.9 Å². The predicted octanol–water partition coefficient (Wildman–Crippen LogP) is 1.84. The second kappa shape index (κ2) is 5.81. The molecule has 0 saturated heterocycles. The van der Waals surface area contributed by atoms with E-state index in [0.717, 1.165) is 5.56 Å². The Bertz CT molecular complexity index is 577. The van der Waals surface area contributed by atoms with Gasteiger partial charge in [0.05, 0.1) is 18.4 Å². The van der Waals surface area contributed by atoms with Crippen LogP contribution < -0.4 is 5.32 Å². The van der Waals surface area contributed by atoms with Gasteiger partial charge in [0.2, 0.25) is 5.88 Å². The van der Waals surface area contributed by atoms with Gasteiger partial charge in [0.1, 0.15) is 0 Å². The molecule has 6 heteroatoms. The minimum atomic E-state index is -0.960. The number of esters is 1. The van der Waals surface area contributed by atoms with Crippen LogP contribution in [0.4, 0.5) is 5.88 Å². The van der Waals surface area contributed by atoms with Crippen LogP contribution >= 0.6 is 0 Å². The van der Waals surface area contributed by atoms with Crippen LogP contribution in [0.1, 0.15) is 6.92 Å². The lowest BCUT2D eigenvalue weighted by atomic mass is 10.1. The largest absolute Gasteiger partial charge is 0.459 e. The number of carbonyl (C=O) groups excluding carboxylic acids is 2. The minimum Gasteiger partial charge on any atom is -0.459 e. The summed E-state index contributed by atoms with van der Waals surface area (Å²) in [6.07, 6.45) is 1.47. The average molecular weight is 260 g/mol. The molecule has 0 aliphatic heterocycles. The number of nitrogens with zero attached hydrogens (tertiary/aromatic N) is 1. The van der Waals surface area contributed by atoms with Crippen LogP contribution in [0, 0.1) is 0 Å². The molecule has 0 spiro atoms. The summed E-state index contributed by atoms with van der Waals surface area (Å²) in [5, 5.41) is 5.95. The van der Waals surface area contributed by atoms with Crippen LogP contribution in [0.25, 0.3) is 11.1 Å². The van der Waals surface area contributed by atoms with E-state index < -0.39 is 11.9 Å². The van der Waals surface area contributed by atoms with Crippen molar-refractivity contribution in [2.24, 2.45) is 0 Å². The quantitative estimate of drug-likeness (QED) is 0.672. The second-order valence-corrected chi connectivity index (χ2v) is 3.61. The first-order valence-electron chi connectivity index (χ1n) is 5.70. The third-order valence-electron chi connectivity index (χ3n) is 2.34. The minimum absolute atomic E-state index is 0.115. The van der Waals surface area contributed by atoms with Gasteiger partial charge in [-0.15, -0.1) is 0 Å². The Kier molecular flexibility index (Phi) is 3.92. The van der Waals surface area contributed by atoms with Crippen molar-refractivity contribution in [1.29, 1.82) is 0 Å². The second-order valence-electron chi connectivity index (χ2n) is 3.61. The van der Waals surface area contributed by atoms with Gasteiger partial charge in [-0.1, -0.05) is 35.5 Å². The van der Waals surface area contributed by atoms with E-state index in [4.69, 9.17) is 4.52 Å². The maximum Gasteiger partial charge on any atom is 0.397 e. The van der Waals surface area contributed by atoms with E-state index in [0.29, 0.717) is 5.56 Å². The van der Waals surface area contributed by atoms with E-state index in [-0.39, 0.29) is 12.5 Å². The molecule has 0 radical (unpaired) electrons. The number of carbonyl (C=O) groups is 2. The Hall–Kier alpha value is -2.63. The summed E-state index contributed by atoms with van der Waals surface area (Å²) in [6.45, 7) is 1.75. The molecule has 1 amide bonds. The Labute approximate surface area is 109 Å². The first-order valence-corrected chi connectivity index (χ1v) is 5.70. The fraction of sp³-hybridized carbons (Fsp3) is 0.154. The van der Waals surface area contributed by atoms with E-state index in [9.17, 15) is 9.59 Å². The van der Waals surface area contributed by atoms with E-state index in [1.54, 1.807) is 6.92 Å². The lowest BCUT2D eigenvalue weighted by Crippen LogP contribution is -2.25. The SMILES string of the molecule is CCOC(=O)C(=O)Nc1oncc1-c1ccccc1. The standard InChI is InChI=1S/C13H12N2O4/c1-2-18-13(17)11(16)15-12-10(8-14-19-12)9-6-4-3-5-7-9/h3-8H,2H2,1H3,(H,15,16). The summed E-state index contributed by atoms with van der Waals surface area (Å²) in [5.41, 5.74) is 1.42. The van der Waals surface area contributed by atoms with Crippen molar-refractivity contribution in [3.63, 3.8) is 0 Å². The molecule has 0 unspecified atom stereocenters. The van der Waals surface area contributed by atoms with E-state index >= 15 is 0 Å². The number of amides is 1. The third kappa shape index (κ3) is 2.98. The molecule has 0 bridgehead atoms. The van der Waals surface area contributed by atoms with Crippen LogP contribution in [0.3, 0.4) is 0 Å². The van der Waals surface area contributed by atoms with Gasteiger partial charge in [0.15, 0.2) is 0 Å². The molecule has 0 aliphatic rings. The fourth-order valence-corrected chi connectivity index (χ4v) is 1.50. The molecule has 1 heterocycles. The predicted molar refractivity (Wildman–Crippen MR) is 67.2 cm³/mol. The lowest BCUT2D eigenvalue weighted by molar-refractivity contribution is -0.152. The molecule has 0 fully saturated rings. The molecular formula is C13H12N2O4. The third-order valence-corrected chi connectivity index (χ3v) is 2.34. The van der Waals surface area contributed by atoms with Crippen molar-refractivity contribution in [2.45, 2.75) is 6.92 Å². The molecule has 2 aromatic rings. The molecule has 1 N–H and O–H groups in total. The molecule has 19 heavy (non-hydrogen) atoms. The number of ether oxygens (including phenoxy) is 1. The first kappa shape index (κ1) is 12.8. The van der Waals surface area contributed by atoms with Crippen molar-refractivity contribution in [1.82, 2.24) is 5.16 Å². The number of nitrogens with one attached hydrogen (secondary N) is 1. The maximum atomic E-state index is 11.5. The fourth-order valence-electron chi connectivity index (χ4n) is 1.50. The number of rotatable bonds is 3. The summed E-state index contributed by atoms with van der Waals surface area (Å²) < 4.78 is 9.51. The van der Waals surface area contributed by atoms with Gasteiger partial charge in [0.25, 0.3) is 0 Å². The Morgan fingerprint density at radius 2 is 2.05 bits per heavy atom. The highest BCUT2D eigenvalue weighted by atomic mass is 16.5. The zero-order valence-electron chi connectivity index (χ0n) is 10.3. The van der Waals surface area contributed by atoms with Crippen LogP contribution in [0.5, 0.6) is 0 Å². The summed E-state index contributed by atoms with van der Waals surface area (Å²) >= 11 is 0. The van der Waals surface area contributed by atoms with Crippen molar-refractivity contribution >= 4 is 17.8 Å². The topological polar surface area (TPSA) is 81.4 Å². The van der Waals surface area contributed by atoms with Gasteiger partial charge in [-0.3, -0.25) is 10.1 Å². The molecular weight excluding hydrogens is 248 g/mol. The molecule has 0 aliphatic carbocycles. The van der Waals surface area contributed by atoms with Crippen molar-refractivity contribution in [3.8, 4) is 11.1 Å². The number of benzene rings is 1. The Balaban J connectivity index is 2.17. The highest BCUT2D eigenvalue weighted by molar-refractivity contribution is 6.37. The molecule has 0 atom stereocenters. The summed E-state index contributed by atoms with van der Waals surface area (Å²) in [6, 6.07) is 9.24. The van der Waals surface area contributed by atoms with Crippen LogP contribution in [0.2, 0.25) is 0 Å². The van der Waals surface area contributed by atoms with Crippen LogP contribution in [0.15, 0.2) is 41.1 Å². The first-order chi connectivity index (χ1) is 9.22. The highest BCUT2D eigenvalue weighted by Crippen LogP contribution is 2.27. The van der Waals surface area contributed by atoms with Crippen molar-refractivity contribution < 1.29 is 18.8 Å². The average Bonchev–Trinajstić information content (AvgIpc) is 2.88.